The first-order chi connectivity index (χ1) is 13.5. The highest BCUT2D eigenvalue weighted by atomic mass is 16.4. The Labute approximate surface area is 166 Å². The molecule has 0 aliphatic rings. The van der Waals surface area contributed by atoms with Crippen LogP contribution in [0.1, 0.15) is 31.2 Å². The summed E-state index contributed by atoms with van der Waals surface area (Å²) in [6.07, 6.45) is 13.3. The fraction of sp³-hybridized carbons (Fsp3) is 0.348. The molecule has 0 bridgehead atoms. The second-order valence-corrected chi connectivity index (χ2v) is 6.48. The van der Waals surface area contributed by atoms with Crippen LogP contribution in [-0.2, 0) is 11.2 Å². The molecule has 0 spiro atoms. The molecule has 0 heterocycles. The number of carbonyl (C=O) groups is 1. The maximum Gasteiger partial charge on any atom is 0.303 e. The number of hydrogen-bond acceptors (Lipinski definition) is 4. The molecular formula is C23H30O5. The average Bonchev–Trinajstić information content (AvgIpc) is 2.68. The predicted octanol–water partition coefficient (Wildman–Crippen LogP) is 3.18. The first-order valence-corrected chi connectivity index (χ1v) is 9.47. The highest BCUT2D eigenvalue weighted by molar-refractivity contribution is 5.66. The Kier molecular flexibility index (Phi) is 12.3. The summed E-state index contributed by atoms with van der Waals surface area (Å²) in [6.45, 7) is 0. The van der Waals surface area contributed by atoms with Gasteiger partial charge in [-0.25, -0.2) is 0 Å². The minimum absolute atomic E-state index is 0.0582. The lowest BCUT2D eigenvalue weighted by Crippen LogP contribution is -2.24. The second-order valence-electron chi connectivity index (χ2n) is 6.48. The summed E-state index contributed by atoms with van der Waals surface area (Å²) in [5.74, 6) is -0.858. The Hall–Kier alpha value is -2.47. The van der Waals surface area contributed by atoms with Gasteiger partial charge in [-0.1, -0.05) is 78.9 Å². The van der Waals surface area contributed by atoms with Crippen molar-refractivity contribution in [2.75, 3.05) is 0 Å². The maximum atomic E-state index is 10.4. The van der Waals surface area contributed by atoms with E-state index in [0.29, 0.717) is 25.7 Å². The molecule has 3 atom stereocenters. The van der Waals surface area contributed by atoms with E-state index in [0.717, 1.165) is 5.56 Å². The molecule has 1 rings (SSSR count). The molecule has 0 fully saturated rings. The second kappa shape index (κ2) is 14.6. The van der Waals surface area contributed by atoms with Gasteiger partial charge in [0.1, 0.15) is 0 Å². The van der Waals surface area contributed by atoms with Crippen molar-refractivity contribution < 1.29 is 25.2 Å². The third-order valence-electron chi connectivity index (χ3n) is 4.05. The van der Waals surface area contributed by atoms with Gasteiger partial charge in [0.05, 0.1) is 18.3 Å². The Balaban J connectivity index is 2.23. The van der Waals surface area contributed by atoms with Crippen molar-refractivity contribution in [2.45, 2.75) is 50.4 Å². The molecule has 0 saturated carbocycles. The molecule has 0 amide bonds. The molecule has 0 radical (unpaired) electrons. The quantitative estimate of drug-likeness (QED) is 0.390. The summed E-state index contributed by atoms with van der Waals surface area (Å²) in [5, 5.41) is 38.1. The molecule has 152 valence electrons. The van der Waals surface area contributed by atoms with Crippen molar-refractivity contribution in [3.8, 4) is 0 Å². The molecule has 28 heavy (non-hydrogen) atoms. The normalized spacial score (nSPS) is 15.7. The number of benzene rings is 1. The van der Waals surface area contributed by atoms with Crippen LogP contribution < -0.4 is 0 Å². The molecular weight excluding hydrogens is 356 g/mol. The van der Waals surface area contributed by atoms with Gasteiger partial charge < -0.3 is 20.4 Å². The van der Waals surface area contributed by atoms with Gasteiger partial charge in [0, 0.05) is 6.42 Å². The van der Waals surface area contributed by atoms with E-state index in [1.807, 2.05) is 30.3 Å². The van der Waals surface area contributed by atoms with Crippen molar-refractivity contribution in [1.82, 2.24) is 0 Å². The minimum atomic E-state index is -0.918. The monoisotopic (exact) mass is 386 g/mol. The van der Waals surface area contributed by atoms with Gasteiger partial charge in [-0.2, -0.15) is 0 Å². The number of rotatable bonds is 13. The van der Waals surface area contributed by atoms with Gasteiger partial charge >= 0.3 is 5.97 Å². The molecule has 0 aliphatic heterocycles. The van der Waals surface area contributed by atoms with Crippen LogP contribution in [0.5, 0.6) is 0 Å². The van der Waals surface area contributed by atoms with Gasteiger partial charge in [0.25, 0.3) is 0 Å². The van der Waals surface area contributed by atoms with Crippen LogP contribution in [0, 0.1) is 0 Å². The maximum absolute atomic E-state index is 10.4. The van der Waals surface area contributed by atoms with Crippen LogP contribution in [-0.4, -0.2) is 44.7 Å². The van der Waals surface area contributed by atoms with Crippen LogP contribution >= 0.6 is 0 Å². The van der Waals surface area contributed by atoms with E-state index in [2.05, 4.69) is 0 Å². The van der Waals surface area contributed by atoms with Crippen LogP contribution in [0.4, 0.5) is 0 Å². The van der Waals surface area contributed by atoms with Gasteiger partial charge in [0.15, 0.2) is 0 Å². The third-order valence-corrected chi connectivity index (χ3v) is 4.05. The minimum Gasteiger partial charge on any atom is -0.481 e. The summed E-state index contributed by atoms with van der Waals surface area (Å²) in [6, 6.07) is 9.83. The van der Waals surface area contributed by atoms with E-state index in [4.69, 9.17) is 5.11 Å². The average molecular weight is 386 g/mol. The van der Waals surface area contributed by atoms with Gasteiger partial charge in [-0.3, -0.25) is 4.79 Å². The number of aliphatic hydroxyl groups is 3. The summed E-state index contributed by atoms with van der Waals surface area (Å²) in [5.41, 5.74) is 1.13. The molecule has 0 saturated heterocycles. The van der Waals surface area contributed by atoms with E-state index in [9.17, 15) is 20.1 Å². The SMILES string of the molecule is O=C(O)CCC[C@H](O)C=CC=CC=CC=C[C@H](O)[C@H](O)CCc1ccccc1. The predicted molar refractivity (Wildman–Crippen MR) is 111 cm³/mol. The topological polar surface area (TPSA) is 98.0 Å². The van der Waals surface area contributed by atoms with Gasteiger partial charge in [-0.05, 0) is 31.2 Å². The molecule has 0 aromatic heterocycles. The van der Waals surface area contributed by atoms with Crippen molar-refractivity contribution in [2.24, 2.45) is 0 Å². The first-order valence-electron chi connectivity index (χ1n) is 9.47. The molecule has 0 aliphatic carbocycles. The third kappa shape index (κ3) is 12.0. The molecule has 1 aromatic carbocycles. The zero-order chi connectivity index (χ0) is 20.6. The zero-order valence-electron chi connectivity index (χ0n) is 16.0. The van der Waals surface area contributed by atoms with Crippen LogP contribution in [0.15, 0.2) is 78.9 Å². The number of hydrogen-bond donors (Lipinski definition) is 4. The van der Waals surface area contributed by atoms with E-state index < -0.39 is 24.3 Å². The first kappa shape index (κ1) is 23.6. The summed E-state index contributed by atoms with van der Waals surface area (Å²) in [7, 11) is 0. The molecule has 4 N–H and O–H groups in total. The largest absolute Gasteiger partial charge is 0.481 e. The Morgan fingerprint density at radius 1 is 0.857 bits per heavy atom. The number of carboxylic acid groups (broad SMARTS) is 1. The van der Waals surface area contributed by atoms with Crippen molar-refractivity contribution >= 4 is 5.97 Å². The number of allylic oxidation sites excluding steroid dienone is 6. The highest BCUT2D eigenvalue weighted by Gasteiger charge is 2.12. The fourth-order valence-electron chi connectivity index (χ4n) is 2.44. The fourth-order valence-corrected chi connectivity index (χ4v) is 2.44. The Morgan fingerprint density at radius 3 is 2.11 bits per heavy atom. The van der Waals surface area contributed by atoms with E-state index in [1.54, 1.807) is 48.6 Å². The summed E-state index contributed by atoms with van der Waals surface area (Å²) < 4.78 is 0. The smallest absolute Gasteiger partial charge is 0.303 e. The van der Waals surface area contributed by atoms with Crippen molar-refractivity contribution in [1.29, 1.82) is 0 Å². The van der Waals surface area contributed by atoms with Crippen molar-refractivity contribution in [3.05, 3.63) is 84.5 Å². The molecule has 0 unspecified atom stereocenters. The van der Waals surface area contributed by atoms with Gasteiger partial charge in [0.2, 0.25) is 0 Å². The number of carboxylic acids is 1. The lowest BCUT2D eigenvalue weighted by Gasteiger charge is -2.14. The van der Waals surface area contributed by atoms with Crippen molar-refractivity contribution in [3.63, 3.8) is 0 Å². The Morgan fingerprint density at radius 2 is 1.46 bits per heavy atom. The number of aliphatic carboxylic acids is 1. The summed E-state index contributed by atoms with van der Waals surface area (Å²) in [4.78, 5) is 10.4. The molecule has 5 nitrogen and oxygen atoms in total. The van der Waals surface area contributed by atoms with E-state index >= 15 is 0 Å². The lowest BCUT2D eigenvalue weighted by atomic mass is 10.0. The number of aryl methyl sites for hydroxylation is 1. The standard InChI is InChI=1S/C23H30O5/c24-20(14-10-16-23(27)28)13-8-3-1-2-4-9-15-21(25)22(26)18-17-19-11-6-5-7-12-19/h1-9,11-13,15,20-22,24-26H,10,14,16-18H2,(H,27,28)/t20-,21+,22-/m1/s1. The number of aliphatic hydroxyl groups excluding tert-OH is 3. The molecule has 5 heteroatoms. The van der Waals surface area contributed by atoms with Crippen LogP contribution in [0.25, 0.3) is 0 Å². The highest BCUT2D eigenvalue weighted by Crippen LogP contribution is 2.08. The summed E-state index contributed by atoms with van der Waals surface area (Å²) >= 11 is 0. The molecule has 1 aromatic rings. The van der Waals surface area contributed by atoms with Gasteiger partial charge in [-0.15, -0.1) is 0 Å². The Bertz CT molecular complexity index is 661. The van der Waals surface area contributed by atoms with Crippen LogP contribution in [0.2, 0.25) is 0 Å². The lowest BCUT2D eigenvalue weighted by molar-refractivity contribution is -0.137. The zero-order valence-corrected chi connectivity index (χ0v) is 16.0. The van der Waals surface area contributed by atoms with Crippen LogP contribution in [0.3, 0.4) is 0 Å². The van der Waals surface area contributed by atoms with E-state index in [1.165, 1.54) is 0 Å². The van der Waals surface area contributed by atoms with E-state index in [-0.39, 0.29) is 6.42 Å².